The van der Waals surface area contributed by atoms with Crippen LogP contribution in [0, 0.1) is 0 Å². The first kappa shape index (κ1) is 17.2. The summed E-state index contributed by atoms with van der Waals surface area (Å²) in [7, 11) is 0. The number of hydrogen-bond donors (Lipinski definition) is 0. The summed E-state index contributed by atoms with van der Waals surface area (Å²) in [6.45, 7) is 4.75. The zero-order valence-electron chi connectivity index (χ0n) is 14.9. The first-order chi connectivity index (χ1) is 12.2. The topological polar surface area (TPSA) is 9.23 Å². The highest BCUT2D eigenvalue weighted by atomic mass is 16.5. The van der Waals surface area contributed by atoms with Crippen LogP contribution >= 0.6 is 0 Å². The van der Waals surface area contributed by atoms with Crippen LogP contribution in [0.15, 0.2) is 103 Å². The molecule has 0 aliphatic carbocycles. The van der Waals surface area contributed by atoms with Gasteiger partial charge in [0, 0.05) is 0 Å². The summed E-state index contributed by atoms with van der Waals surface area (Å²) in [5.74, 6) is 0. The lowest BCUT2D eigenvalue weighted by atomic mass is 9.80. The Morgan fingerprint density at radius 3 is 1.36 bits per heavy atom. The van der Waals surface area contributed by atoms with Crippen molar-refractivity contribution in [2.75, 3.05) is 6.61 Å². The third kappa shape index (κ3) is 3.72. The van der Waals surface area contributed by atoms with Crippen LogP contribution in [0.4, 0.5) is 0 Å². The predicted octanol–water partition coefficient (Wildman–Crippen LogP) is 5.96. The molecule has 0 aliphatic heterocycles. The zero-order chi connectivity index (χ0) is 17.5. The maximum atomic E-state index is 6.62. The number of rotatable bonds is 6. The van der Waals surface area contributed by atoms with Gasteiger partial charge in [0.1, 0.15) is 5.60 Å². The fourth-order valence-corrected chi connectivity index (χ4v) is 3.10. The van der Waals surface area contributed by atoms with Crippen molar-refractivity contribution in [1.29, 1.82) is 0 Å². The van der Waals surface area contributed by atoms with Gasteiger partial charge in [0.25, 0.3) is 0 Å². The van der Waals surface area contributed by atoms with Gasteiger partial charge in [-0.2, -0.15) is 0 Å². The van der Waals surface area contributed by atoms with Crippen molar-refractivity contribution in [2.24, 2.45) is 0 Å². The van der Waals surface area contributed by atoms with Gasteiger partial charge in [0.05, 0.1) is 6.61 Å². The smallest absolute Gasteiger partial charge is 0.144 e. The van der Waals surface area contributed by atoms with Gasteiger partial charge in [-0.15, -0.1) is 0 Å². The standard InChI is InChI=1S/C24H24O/c1-20(2)18-19-25-24(21-12-6-3-7-13-21,22-14-8-4-9-15-22)23-16-10-5-11-17-23/h3-18H,19H2,1-2H3. The molecular weight excluding hydrogens is 304 g/mol. The number of hydrogen-bond acceptors (Lipinski definition) is 1. The predicted molar refractivity (Wildman–Crippen MR) is 105 cm³/mol. The first-order valence-corrected chi connectivity index (χ1v) is 8.67. The monoisotopic (exact) mass is 328 g/mol. The second-order valence-electron chi connectivity index (χ2n) is 6.37. The highest BCUT2D eigenvalue weighted by Gasteiger charge is 2.37. The van der Waals surface area contributed by atoms with Crippen LogP contribution in [-0.4, -0.2) is 6.61 Å². The number of benzene rings is 3. The fraction of sp³-hybridized carbons (Fsp3) is 0.167. The van der Waals surface area contributed by atoms with Crippen LogP contribution in [0.1, 0.15) is 30.5 Å². The van der Waals surface area contributed by atoms with Crippen LogP contribution in [-0.2, 0) is 10.3 Å². The van der Waals surface area contributed by atoms with Gasteiger partial charge in [-0.1, -0.05) is 103 Å². The van der Waals surface area contributed by atoms with E-state index in [-0.39, 0.29) is 0 Å². The third-order valence-corrected chi connectivity index (χ3v) is 4.33. The van der Waals surface area contributed by atoms with E-state index in [0.29, 0.717) is 6.61 Å². The van der Waals surface area contributed by atoms with Crippen LogP contribution < -0.4 is 0 Å². The van der Waals surface area contributed by atoms with Crippen LogP contribution in [0.2, 0.25) is 0 Å². The average molecular weight is 328 g/mol. The minimum absolute atomic E-state index is 0.557. The summed E-state index contributed by atoms with van der Waals surface area (Å²) >= 11 is 0. The third-order valence-electron chi connectivity index (χ3n) is 4.33. The number of ether oxygens (including phenoxy) is 1. The van der Waals surface area contributed by atoms with E-state index in [4.69, 9.17) is 4.74 Å². The van der Waals surface area contributed by atoms with E-state index in [1.165, 1.54) is 5.57 Å². The maximum Gasteiger partial charge on any atom is 0.144 e. The van der Waals surface area contributed by atoms with E-state index < -0.39 is 5.60 Å². The van der Waals surface area contributed by atoms with E-state index in [2.05, 4.69) is 92.7 Å². The molecule has 0 saturated heterocycles. The Morgan fingerprint density at radius 1 is 0.680 bits per heavy atom. The summed E-state index contributed by atoms with van der Waals surface area (Å²) in [6.07, 6.45) is 2.13. The molecule has 0 amide bonds. The van der Waals surface area contributed by atoms with Gasteiger partial charge < -0.3 is 4.74 Å². The lowest BCUT2D eigenvalue weighted by molar-refractivity contribution is 0.0317. The SMILES string of the molecule is CC(C)=CCOC(c1ccccc1)(c1ccccc1)c1ccccc1. The van der Waals surface area contributed by atoms with Gasteiger partial charge in [0.15, 0.2) is 0 Å². The molecule has 0 N–H and O–H groups in total. The Bertz CT molecular complexity index is 704. The van der Waals surface area contributed by atoms with E-state index in [9.17, 15) is 0 Å². The normalized spacial score (nSPS) is 11.1. The van der Waals surface area contributed by atoms with E-state index in [0.717, 1.165) is 16.7 Å². The lowest BCUT2D eigenvalue weighted by Crippen LogP contribution is -2.33. The second kappa shape index (κ2) is 7.96. The minimum Gasteiger partial charge on any atom is -0.357 e. The summed E-state index contributed by atoms with van der Waals surface area (Å²) in [6, 6.07) is 31.4. The van der Waals surface area contributed by atoms with Crippen molar-refractivity contribution >= 4 is 0 Å². The van der Waals surface area contributed by atoms with Gasteiger partial charge in [-0.25, -0.2) is 0 Å². The first-order valence-electron chi connectivity index (χ1n) is 8.67. The Balaban J connectivity index is 2.22. The van der Waals surface area contributed by atoms with E-state index >= 15 is 0 Å². The highest BCUT2D eigenvalue weighted by molar-refractivity contribution is 5.47. The van der Waals surface area contributed by atoms with Crippen LogP contribution in [0.5, 0.6) is 0 Å². The molecule has 0 saturated carbocycles. The molecule has 0 aromatic heterocycles. The molecule has 0 heterocycles. The van der Waals surface area contributed by atoms with E-state index in [1.54, 1.807) is 0 Å². The van der Waals surface area contributed by atoms with Gasteiger partial charge in [0.2, 0.25) is 0 Å². The molecule has 0 radical (unpaired) electrons. The number of allylic oxidation sites excluding steroid dienone is 1. The molecule has 3 aromatic rings. The van der Waals surface area contributed by atoms with Crippen molar-refractivity contribution < 1.29 is 4.74 Å². The van der Waals surface area contributed by atoms with Crippen molar-refractivity contribution in [3.63, 3.8) is 0 Å². The molecular formula is C24H24O. The Labute approximate surface area is 150 Å². The summed E-state index contributed by atoms with van der Waals surface area (Å²) < 4.78 is 6.62. The van der Waals surface area contributed by atoms with Crippen LogP contribution in [0.3, 0.4) is 0 Å². The second-order valence-corrected chi connectivity index (χ2v) is 6.37. The quantitative estimate of drug-likeness (QED) is 0.400. The molecule has 126 valence electrons. The van der Waals surface area contributed by atoms with Crippen molar-refractivity contribution in [2.45, 2.75) is 19.4 Å². The Hall–Kier alpha value is -2.64. The summed E-state index contributed by atoms with van der Waals surface area (Å²) in [5.41, 5.74) is 4.03. The highest BCUT2D eigenvalue weighted by Crippen LogP contribution is 2.40. The minimum atomic E-state index is -0.629. The maximum absolute atomic E-state index is 6.62. The van der Waals surface area contributed by atoms with Crippen molar-refractivity contribution in [3.05, 3.63) is 119 Å². The molecule has 1 heteroatoms. The largest absolute Gasteiger partial charge is 0.357 e. The molecule has 0 unspecified atom stereocenters. The molecule has 0 aliphatic rings. The van der Waals surface area contributed by atoms with Gasteiger partial charge in [-0.05, 0) is 30.5 Å². The van der Waals surface area contributed by atoms with Crippen molar-refractivity contribution in [1.82, 2.24) is 0 Å². The van der Waals surface area contributed by atoms with E-state index in [1.807, 2.05) is 18.2 Å². The van der Waals surface area contributed by atoms with Crippen molar-refractivity contribution in [3.8, 4) is 0 Å². The molecule has 3 rings (SSSR count). The summed E-state index contributed by atoms with van der Waals surface area (Å²) in [4.78, 5) is 0. The molecule has 0 fully saturated rings. The van der Waals surface area contributed by atoms with Gasteiger partial charge >= 0.3 is 0 Å². The average Bonchev–Trinajstić information content (AvgIpc) is 2.67. The van der Waals surface area contributed by atoms with Crippen LogP contribution in [0.25, 0.3) is 0 Å². The molecule has 1 nitrogen and oxygen atoms in total. The summed E-state index contributed by atoms with van der Waals surface area (Å²) in [5, 5.41) is 0. The molecule has 0 bridgehead atoms. The molecule has 3 aromatic carbocycles. The fourth-order valence-electron chi connectivity index (χ4n) is 3.10. The Kier molecular flexibility index (Phi) is 5.47. The molecule has 0 atom stereocenters. The van der Waals surface area contributed by atoms with Gasteiger partial charge in [-0.3, -0.25) is 0 Å². The zero-order valence-corrected chi connectivity index (χ0v) is 14.9. The Morgan fingerprint density at radius 2 is 1.04 bits per heavy atom. The lowest BCUT2D eigenvalue weighted by Gasteiger charge is -2.35. The molecule has 0 spiro atoms. The molecule has 25 heavy (non-hydrogen) atoms.